The maximum Gasteiger partial charge on any atom is 0.416 e. The van der Waals surface area contributed by atoms with Crippen LogP contribution in [0, 0.1) is 6.92 Å². The summed E-state index contributed by atoms with van der Waals surface area (Å²) in [6, 6.07) is 10.2. The van der Waals surface area contributed by atoms with Crippen molar-refractivity contribution in [3.05, 3.63) is 64.7 Å². The maximum atomic E-state index is 12.4. The van der Waals surface area contributed by atoms with Gasteiger partial charge in [-0.25, -0.2) is 0 Å². The van der Waals surface area contributed by atoms with Crippen molar-refractivity contribution >= 4 is 0 Å². The molecule has 112 valence electrons. The number of halogens is 3. The molecule has 2 aromatic carbocycles. The van der Waals surface area contributed by atoms with Crippen molar-refractivity contribution in [1.82, 2.24) is 0 Å². The number of hydrogen-bond donors (Lipinski definition) is 1. The van der Waals surface area contributed by atoms with Gasteiger partial charge in [-0.3, -0.25) is 0 Å². The average molecular weight is 296 g/mol. The fraction of sp³-hybridized carbons (Fsp3) is 0.250. The van der Waals surface area contributed by atoms with E-state index in [9.17, 15) is 13.2 Å². The van der Waals surface area contributed by atoms with E-state index in [2.05, 4.69) is 0 Å². The van der Waals surface area contributed by atoms with E-state index in [0.29, 0.717) is 11.3 Å². The van der Waals surface area contributed by atoms with Gasteiger partial charge >= 0.3 is 6.18 Å². The molecule has 2 nitrogen and oxygen atoms in total. The van der Waals surface area contributed by atoms with Gasteiger partial charge in [-0.2, -0.15) is 13.2 Å². The van der Waals surface area contributed by atoms with E-state index in [1.54, 1.807) is 18.2 Å². The molecular weight excluding hydrogens is 281 g/mol. The van der Waals surface area contributed by atoms with Crippen molar-refractivity contribution in [3.63, 3.8) is 0 Å². The molecule has 0 saturated carbocycles. The molecule has 0 bridgehead atoms. The summed E-state index contributed by atoms with van der Waals surface area (Å²) in [5.41, 5.74) is 1.71. The predicted molar refractivity (Wildman–Crippen MR) is 72.9 cm³/mol. The highest BCUT2D eigenvalue weighted by Gasteiger charge is 2.29. The number of ether oxygens (including phenoxy) is 1. The van der Waals surface area contributed by atoms with Crippen LogP contribution in [0.4, 0.5) is 13.2 Å². The van der Waals surface area contributed by atoms with Crippen LogP contribution < -0.4 is 4.74 Å². The summed E-state index contributed by atoms with van der Waals surface area (Å²) in [4.78, 5) is 0. The molecule has 0 aliphatic carbocycles. The van der Waals surface area contributed by atoms with Crippen LogP contribution >= 0.6 is 0 Å². The first-order chi connectivity index (χ1) is 9.90. The summed E-state index contributed by atoms with van der Waals surface area (Å²) in [7, 11) is 0. The third-order valence-corrected chi connectivity index (χ3v) is 3.17. The Morgan fingerprint density at radius 2 is 1.71 bits per heavy atom. The Labute approximate surface area is 120 Å². The van der Waals surface area contributed by atoms with Gasteiger partial charge in [-0.15, -0.1) is 0 Å². The first-order valence-corrected chi connectivity index (χ1v) is 6.39. The molecule has 0 aliphatic heterocycles. The van der Waals surface area contributed by atoms with Crippen molar-refractivity contribution < 1.29 is 23.0 Å². The van der Waals surface area contributed by atoms with Crippen LogP contribution in [-0.2, 0) is 19.4 Å². The fourth-order valence-corrected chi connectivity index (χ4v) is 1.89. The predicted octanol–water partition coefficient (Wildman–Crippen LogP) is 4.09. The molecule has 0 aliphatic rings. The van der Waals surface area contributed by atoms with Gasteiger partial charge < -0.3 is 9.84 Å². The van der Waals surface area contributed by atoms with E-state index in [1.165, 1.54) is 12.1 Å². The normalized spacial score (nSPS) is 11.5. The van der Waals surface area contributed by atoms with Crippen LogP contribution in [0.2, 0.25) is 0 Å². The second-order valence-electron chi connectivity index (χ2n) is 4.73. The van der Waals surface area contributed by atoms with Gasteiger partial charge in [0.2, 0.25) is 0 Å². The molecule has 0 amide bonds. The van der Waals surface area contributed by atoms with Gasteiger partial charge in [0, 0.05) is 0 Å². The molecule has 21 heavy (non-hydrogen) atoms. The number of benzene rings is 2. The SMILES string of the molecule is Cc1cc(OCc2ccc(C(F)(F)F)cc2)ccc1CO. The maximum absolute atomic E-state index is 12.4. The Kier molecular flexibility index (Phi) is 4.53. The lowest BCUT2D eigenvalue weighted by atomic mass is 10.1. The minimum absolute atomic E-state index is 0.0367. The van der Waals surface area contributed by atoms with Crippen molar-refractivity contribution in [1.29, 1.82) is 0 Å². The highest BCUT2D eigenvalue weighted by Crippen LogP contribution is 2.29. The second kappa shape index (κ2) is 6.18. The largest absolute Gasteiger partial charge is 0.489 e. The highest BCUT2D eigenvalue weighted by atomic mass is 19.4. The Hall–Kier alpha value is -2.01. The zero-order chi connectivity index (χ0) is 15.5. The second-order valence-corrected chi connectivity index (χ2v) is 4.73. The zero-order valence-electron chi connectivity index (χ0n) is 11.4. The van der Waals surface area contributed by atoms with E-state index in [1.807, 2.05) is 6.92 Å². The first kappa shape index (κ1) is 15.4. The molecule has 5 heteroatoms. The van der Waals surface area contributed by atoms with Gasteiger partial charge in [0.25, 0.3) is 0 Å². The number of aryl methyl sites for hydroxylation is 1. The minimum atomic E-state index is -4.32. The molecule has 1 N–H and O–H groups in total. The van der Waals surface area contributed by atoms with Crippen LogP contribution in [0.15, 0.2) is 42.5 Å². The van der Waals surface area contributed by atoms with Crippen LogP contribution in [0.25, 0.3) is 0 Å². The molecule has 0 fully saturated rings. The molecule has 0 unspecified atom stereocenters. The molecular formula is C16H15F3O2. The van der Waals surface area contributed by atoms with E-state index in [0.717, 1.165) is 23.3 Å². The van der Waals surface area contributed by atoms with E-state index < -0.39 is 11.7 Å². The van der Waals surface area contributed by atoms with Gasteiger partial charge in [-0.1, -0.05) is 18.2 Å². The van der Waals surface area contributed by atoms with Crippen molar-refractivity contribution in [2.24, 2.45) is 0 Å². The van der Waals surface area contributed by atoms with Crippen LogP contribution in [-0.4, -0.2) is 5.11 Å². The quantitative estimate of drug-likeness (QED) is 0.921. The zero-order valence-corrected chi connectivity index (χ0v) is 11.4. The fourth-order valence-electron chi connectivity index (χ4n) is 1.89. The van der Waals surface area contributed by atoms with Crippen molar-refractivity contribution in [2.75, 3.05) is 0 Å². The molecule has 0 radical (unpaired) electrons. The smallest absolute Gasteiger partial charge is 0.416 e. The number of hydrogen-bond acceptors (Lipinski definition) is 2. The van der Waals surface area contributed by atoms with Gasteiger partial charge in [0.05, 0.1) is 12.2 Å². The topological polar surface area (TPSA) is 29.5 Å². The van der Waals surface area contributed by atoms with Crippen LogP contribution in [0.3, 0.4) is 0 Å². The van der Waals surface area contributed by atoms with Crippen LogP contribution in [0.1, 0.15) is 22.3 Å². The summed E-state index contributed by atoms with van der Waals surface area (Å²) < 4.78 is 42.8. The Morgan fingerprint density at radius 3 is 2.24 bits per heavy atom. The highest BCUT2D eigenvalue weighted by molar-refractivity contribution is 5.34. The Morgan fingerprint density at radius 1 is 1.05 bits per heavy atom. The summed E-state index contributed by atoms with van der Waals surface area (Å²) in [6.07, 6.45) is -4.32. The third-order valence-electron chi connectivity index (χ3n) is 3.17. The van der Waals surface area contributed by atoms with E-state index in [-0.39, 0.29) is 13.2 Å². The van der Waals surface area contributed by atoms with Crippen LogP contribution in [0.5, 0.6) is 5.75 Å². The van der Waals surface area contributed by atoms with Crippen molar-refractivity contribution in [3.8, 4) is 5.75 Å². The molecule has 0 atom stereocenters. The van der Waals surface area contributed by atoms with Gasteiger partial charge in [-0.05, 0) is 47.9 Å². The standard InChI is InChI=1S/C16H15F3O2/c1-11-8-15(7-4-13(11)9-20)21-10-12-2-5-14(6-3-12)16(17,18)19/h2-8,20H,9-10H2,1H3. The first-order valence-electron chi connectivity index (χ1n) is 6.39. The van der Waals surface area contributed by atoms with E-state index in [4.69, 9.17) is 9.84 Å². The number of aliphatic hydroxyl groups is 1. The summed E-state index contributed by atoms with van der Waals surface area (Å²) in [5, 5.41) is 9.08. The summed E-state index contributed by atoms with van der Waals surface area (Å²) in [6.45, 7) is 2.01. The van der Waals surface area contributed by atoms with E-state index >= 15 is 0 Å². The molecule has 0 aromatic heterocycles. The van der Waals surface area contributed by atoms with Gasteiger partial charge in [0.15, 0.2) is 0 Å². The number of aliphatic hydroxyl groups excluding tert-OH is 1. The monoisotopic (exact) mass is 296 g/mol. The number of alkyl halides is 3. The minimum Gasteiger partial charge on any atom is -0.489 e. The molecule has 2 aromatic rings. The molecule has 0 saturated heterocycles. The van der Waals surface area contributed by atoms with Gasteiger partial charge in [0.1, 0.15) is 12.4 Å². The molecule has 0 heterocycles. The Balaban J connectivity index is 2.01. The summed E-state index contributed by atoms with van der Waals surface area (Å²) in [5.74, 6) is 0.615. The lowest BCUT2D eigenvalue weighted by Crippen LogP contribution is -2.05. The Bertz CT molecular complexity index is 604. The lowest BCUT2D eigenvalue weighted by molar-refractivity contribution is -0.137. The lowest BCUT2D eigenvalue weighted by Gasteiger charge is -2.10. The number of rotatable bonds is 4. The third kappa shape index (κ3) is 3.98. The molecule has 2 rings (SSSR count). The molecule has 0 spiro atoms. The average Bonchev–Trinajstić information content (AvgIpc) is 2.45. The van der Waals surface area contributed by atoms with Crippen molar-refractivity contribution in [2.45, 2.75) is 26.3 Å². The summed E-state index contributed by atoms with van der Waals surface area (Å²) >= 11 is 0.